The van der Waals surface area contributed by atoms with Crippen molar-refractivity contribution in [2.24, 2.45) is 0 Å². The molecule has 3 heteroatoms. The Kier molecular flexibility index (Phi) is 4.19. The summed E-state index contributed by atoms with van der Waals surface area (Å²) in [5.41, 5.74) is 1.78. The van der Waals surface area contributed by atoms with Gasteiger partial charge in [0.25, 0.3) is 0 Å². The predicted octanol–water partition coefficient (Wildman–Crippen LogP) is 2.79. The quantitative estimate of drug-likeness (QED) is 0.810. The van der Waals surface area contributed by atoms with Gasteiger partial charge in [0.05, 0.1) is 6.10 Å². The number of hydrogen-bond acceptors (Lipinski definition) is 3. The molecule has 0 unspecified atom stereocenters. The molecule has 3 heterocycles. The molecule has 2 saturated heterocycles. The van der Waals surface area contributed by atoms with Gasteiger partial charge in [0.15, 0.2) is 0 Å². The minimum absolute atomic E-state index is 0.0636. The second kappa shape index (κ2) is 5.68. The highest BCUT2D eigenvalue weighted by atomic mass is 16.3. The summed E-state index contributed by atoms with van der Waals surface area (Å²) in [5.74, 6) is 0. The summed E-state index contributed by atoms with van der Waals surface area (Å²) in [4.78, 5) is 5.30. The molecular weight excluding hydrogens is 260 g/mol. The Morgan fingerprint density at radius 3 is 2.29 bits per heavy atom. The van der Waals surface area contributed by atoms with Crippen LogP contribution >= 0.6 is 0 Å². The number of nitrogens with zero attached hydrogens (tertiary/aromatic N) is 2. The molecule has 2 fully saturated rings. The van der Waals surface area contributed by atoms with E-state index in [1.807, 2.05) is 0 Å². The first-order valence-corrected chi connectivity index (χ1v) is 8.79. The van der Waals surface area contributed by atoms with E-state index < -0.39 is 0 Å². The summed E-state index contributed by atoms with van der Waals surface area (Å²) in [6, 6.07) is 1.84. The molecule has 3 nitrogen and oxygen atoms in total. The van der Waals surface area contributed by atoms with Crippen molar-refractivity contribution in [3.8, 4) is 0 Å². The largest absolute Gasteiger partial charge is 0.393 e. The molecular formula is C18H32N2O. The van der Waals surface area contributed by atoms with Crippen molar-refractivity contribution in [2.75, 3.05) is 13.1 Å². The summed E-state index contributed by atoms with van der Waals surface area (Å²) < 4.78 is 0. The fourth-order valence-electron chi connectivity index (χ4n) is 4.94. The zero-order valence-electron chi connectivity index (χ0n) is 14.2. The zero-order valence-corrected chi connectivity index (χ0v) is 14.2. The first-order chi connectivity index (χ1) is 9.89. The Hall–Kier alpha value is -0.380. The van der Waals surface area contributed by atoms with Crippen LogP contribution in [0.15, 0.2) is 11.6 Å². The summed E-state index contributed by atoms with van der Waals surface area (Å²) in [6.45, 7) is 11.7. The van der Waals surface area contributed by atoms with Crippen LogP contribution < -0.4 is 0 Å². The molecule has 3 atom stereocenters. The highest BCUT2D eigenvalue weighted by Gasteiger charge is 2.47. The normalized spacial score (nSPS) is 35.3. The summed E-state index contributed by atoms with van der Waals surface area (Å²) in [5, 5.41) is 10.0. The van der Waals surface area contributed by atoms with Gasteiger partial charge in [-0.25, -0.2) is 0 Å². The average molecular weight is 292 g/mol. The molecule has 0 saturated carbocycles. The summed E-state index contributed by atoms with van der Waals surface area (Å²) in [6.07, 6.45) is 8.12. The van der Waals surface area contributed by atoms with Crippen LogP contribution in [0.2, 0.25) is 0 Å². The third kappa shape index (κ3) is 2.80. The molecule has 3 aliphatic rings. The fourth-order valence-corrected chi connectivity index (χ4v) is 4.94. The van der Waals surface area contributed by atoms with Gasteiger partial charge >= 0.3 is 0 Å². The van der Waals surface area contributed by atoms with E-state index in [4.69, 9.17) is 0 Å². The molecule has 0 radical (unpaired) electrons. The van der Waals surface area contributed by atoms with Crippen LogP contribution in [-0.2, 0) is 0 Å². The van der Waals surface area contributed by atoms with Crippen LogP contribution in [0.25, 0.3) is 0 Å². The molecule has 0 spiro atoms. The van der Waals surface area contributed by atoms with Gasteiger partial charge in [-0.2, -0.15) is 0 Å². The summed E-state index contributed by atoms with van der Waals surface area (Å²) >= 11 is 0. The van der Waals surface area contributed by atoms with Crippen molar-refractivity contribution in [1.82, 2.24) is 9.80 Å². The minimum Gasteiger partial charge on any atom is -0.393 e. The third-order valence-electron chi connectivity index (χ3n) is 6.11. The number of aliphatic hydroxyl groups is 1. The zero-order chi connectivity index (χ0) is 15.2. The van der Waals surface area contributed by atoms with Crippen LogP contribution in [0.3, 0.4) is 0 Å². The molecule has 3 rings (SSSR count). The van der Waals surface area contributed by atoms with Gasteiger partial charge in [-0.05, 0) is 59.8 Å². The lowest BCUT2D eigenvalue weighted by Crippen LogP contribution is -2.57. The lowest BCUT2D eigenvalue weighted by atomic mass is 9.83. The van der Waals surface area contributed by atoms with Crippen molar-refractivity contribution in [3.63, 3.8) is 0 Å². The van der Waals surface area contributed by atoms with Gasteiger partial charge in [0.2, 0.25) is 0 Å². The number of aliphatic hydroxyl groups excluding tert-OH is 1. The second-order valence-electron chi connectivity index (χ2n) is 8.04. The van der Waals surface area contributed by atoms with Crippen LogP contribution in [0, 0.1) is 0 Å². The maximum atomic E-state index is 10.0. The van der Waals surface area contributed by atoms with E-state index in [-0.39, 0.29) is 11.6 Å². The van der Waals surface area contributed by atoms with Gasteiger partial charge in [0.1, 0.15) is 0 Å². The Balaban J connectivity index is 1.75. The van der Waals surface area contributed by atoms with Gasteiger partial charge in [-0.3, -0.25) is 9.80 Å². The number of piperidine rings is 1. The lowest BCUT2D eigenvalue weighted by molar-refractivity contribution is -0.00995. The van der Waals surface area contributed by atoms with E-state index in [1.54, 1.807) is 5.57 Å². The Morgan fingerprint density at radius 1 is 1.19 bits per heavy atom. The van der Waals surface area contributed by atoms with E-state index in [9.17, 15) is 5.11 Å². The molecule has 0 aromatic rings. The van der Waals surface area contributed by atoms with Gasteiger partial charge < -0.3 is 5.11 Å². The topological polar surface area (TPSA) is 26.7 Å². The Bertz CT molecular complexity index is 401. The predicted molar refractivity (Wildman–Crippen MR) is 87.4 cm³/mol. The van der Waals surface area contributed by atoms with Crippen molar-refractivity contribution in [1.29, 1.82) is 0 Å². The van der Waals surface area contributed by atoms with E-state index in [0.29, 0.717) is 18.1 Å². The molecule has 0 amide bonds. The average Bonchev–Trinajstić information content (AvgIpc) is 2.72. The van der Waals surface area contributed by atoms with E-state index in [1.165, 1.54) is 25.8 Å². The number of fused-ring (bicyclic) bond motifs is 2. The second-order valence-corrected chi connectivity index (χ2v) is 8.04. The highest BCUT2D eigenvalue weighted by molar-refractivity contribution is 5.23. The maximum absolute atomic E-state index is 10.0. The molecule has 21 heavy (non-hydrogen) atoms. The number of rotatable bonds is 3. The van der Waals surface area contributed by atoms with E-state index in [0.717, 1.165) is 19.4 Å². The van der Waals surface area contributed by atoms with Crippen molar-refractivity contribution >= 4 is 0 Å². The molecule has 0 aromatic carbocycles. The Labute approximate surface area is 130 Å². The SMILES string of the molecule is CC(C)N1CC=C(C(C)(C)N2[C@@H]3CC[C@H]2C[C@H](O)C3)CC1. The first-order valence-electron chi connectivity index (χ1n) is 8.79. The van der Waals surface area contributed by atoms with Crippen LogP contribution in [-0.4, -0.2) is 57.8 Å². The fraction of sp³-hybridized carbons (Fsp3) is 0.889. The smallest absolute Gasteiger partial charge is 0.0570 e. The lowest BCUT2D eigenvalue weighted by Gasteiger charge is -2.50. The van der Waals surface area contributed by atoms with Crippen molar-refractivity contribution < 1.29 is 5.11 Å². The molecule has 120 valence electrons. The first kappa shape index (κ1) is 15.5. The molecule has 0 aromatic heterocycles. The van der Waals surface area contributed by atoms with Crippen LogP contribution in [0.4, 0.5) is 0 Å². The van der Waals surface area contributed by atoms with Crippen LogP contribution in [0.5, 0.6) is 0 Å². The maximum Gasteiger partial charge on any atom is 0.0570 e. The number of hydrogen-bond donors (Lipinski definition) is 1. The van der Waals surface area contributed by atoms with E-state index in [2.05, 4.69) is 43.6 Å². The molecule has 3 aliphatic heterocycles. The van der Waals surface area contributed by atoms with Crippen molar-refractivity contribution in [2.45, 2.75) is 89.6 Å². The van der Waals surface area contributed by atoms with E-state index >= 15 is 0 Å². The summed E-state index contributed by atoms with van der Waals surface area (Å²) in [7, 11) is 0. The van der Waals surface area contributed by atoms with Gasteiger partial charge in [0, 0.05) is 36.8 Å². The Morgan fingerprint density at radius 2 is 1.81 bits per heavy atom. The monoisotopic (exact) mass is 292 g/mol. The highest BCUT2D eigenvalue weighted by Crippen LogP contribution is 2.44. The minimum atomic E-state index is -0.0636. The molecule has 2 bridgehead atoms. The molecule has 1 N–H and O–H groups in total. The van der Waals surface area contributed by atoms with Crippen LogP contribution in [0.1, 0.15) is 59.8 Å². The molecule has 0 aliphatic carbocycles. The van der Waals surface area contributed by atoms with Gasteiger partial charge in [-0.1, -0.05) is 11.6 Å². The van der Waals surface area contributed by atoms with Crippen molar-refractivity contribution in [3.05, 3.63) is 11.6 Å². The third-order valence-corrected chi connectivity index (χ3v) is 6.11. The standard InChI is InChI=1S/C18H32N2O/c1-13(2)19-9-7-14(8-10-19)18(3,4)20-15-5-6-16(20)12-17(21)11-15/h7,13,15-17,21H,5-6,8-12H2,1-4H3/t15-,16+,17-. The van der Waals surface area contributed by atoms with Gasteiger partial charge in [-0.15, -0.1) is 0 Å².